The highest BCUT2D eigenvalue weighted by atomic mass is 35.5. The summed E-state index contributed by atoms with van der Waals surface area (Å²) in [6, 6.07) is 13.7. The molecule has 0 aromatic heterocycles. The lowest BCUT2D eigenvalue weighted by atomic mass is 9.87. The minimum Gasteiger partial charge on any atom is -0.507 e. The van der Waals surface area contributed by atoms with Gasteiger partial charge in [0.25, 0.3) is 0 Å². The summed E-state index contributed by atoms with van der Waals surface area (Å²) >= 11 is 6.18. The summed E-state index contributed by atoms with van der Waals surface area (Å²) in [5.74, 6) is 0.205. The molecule has 3 aromatic carbocycles. The first kappa shape index (κ1) is 19.1. The molecule has 0 spiro atoms. The number of halogens is 1. The second-order valence-electron chi connectivity index (χ2n) is 6.61. The summed E-state index contributed by atoms with van der Waals surface area (Å²) in [5, 5.41) is 32.2. The molecule has 3 N–H and O–H groups in total. The lowest BCUT2D eigenvalue weighted by Gasteiger charge is -2.19. The number of benzene rings is 3. The van der Waals surface area contributed by atoms with Crippen LogP contribution in [0.3, 0.4) is 0 Å². The second kappa shape index (κ2) is 7.93. The maximum absolute atomic E-state index is 10.7. The van der Waals surface area contributed by atoms with Gasteiger partial charge in [-0.15, -0.1) is 0 Å². The van der Waals surface area contributed by atoms with Crippen molar-refractivity contribution in [1.82, 2.24) is 0 Å². The molecule has 0 heterocycles. The molecule has 140 valence electrons. The normalized spacial score (nSPS) is 10.9. The molecule has 27 heavy (non-hydrogen) atoms. The molecule has 0 aliphatic carbocycles. The fourth-order valence-corrected chi connectivity index (χ4v) is 3.62. The van der Waals surface area contributed by atoms with Crippen LogP contribution < -0.4 is 0 Å². The first-order chi connectivity index (χ1) is 13.0. The van der Waals surface area contributed by atoms with E-state index in [9.17, 15) is 15.3 Å². The van der Waals surface area contributed by atoms with E-state index < -0.39 is 0 Å². The molecule has 0 radical (unpaired) electrons. The first-order valence-electron chi connectivity index (χ1n) is 9.12. The summed E-state index contributed by atoms with van der Waals surface area (Å²) in [7, 11) is 0. The monoisotopic (exact) mass is 382 g/mol. The van der Waals surface area contributed by atoms with E-state index in [2.05, 4.69) is 6.92 Å². The van der Waals surface area contributed by atoms with Crippen molar-refractivity contribution in [1.29, 1.82) is 0 Å². The van der Waals surface area contributed by atoms with Gasteiger partial charge in [0.05, 0.1) is 0 Å². The van der Waals surface area contributed by atoms with Crippen molar-refractivity contribution in [2.75, 3.05) is 0 Å². The summed E-state index contributed by atoms with van der Waals surface area (Å²) in [5.41, 5.74) is 4.28. The minimum atomic E-state index is 0.0468. The number of phenols is 3. The number of hydrogen-bond acceptors (Lipinski definition) is 3. The predicted octanol–water partition coefficient (Wildman–Crippen LogP) is 6.31. The molecule has 3 rings (SSSR count). The number of aryl methyl sites for hydroxylation is 2. The smallest absolute Gasteiger partial charge is 0.124 e. The van der Waals surface area contributed by atoms with Gasteiger partial charge in [-0.1, -0.05) is 44.0 Å². The molecule has 0 saturated carbocycles. The Kier molecular flexibility index (Phi) is 5.62. The average Bonchev–Trinajstić information content (AvgIpc) is 2.65. The lowest BCUT2D eigenvalue weighted by molar-refractivity contribution is 0.468. The van der Waals surface area contributed by atoms with Gasteiger partial charge in [0.15, 0.2) is 0 Å². The average molecular weight is 383 g/mol. The minimum absolute atomic E-state index is 0.0468. The van der Waals surface area contributed by atoms with Crippen LogP contribution in [0.5, 0.6) is 17.2 Å². The zero-order valence-electron chi connectivity index (χ0n) is 15.5. The lowest BCUT2D eigenvalue weighted by Crippen LogP contribution is -1.95. The van der Waals surface area contributed by atoms with Gasteiger partial charge in [-0.2, -0.15) is 0 Å². The Labute approximate surface area is 164 Å². The molecular formula is C23H23ClO3. The molecule has 0 atom stereocenters. The van der Waals surface area contributed by atoms with E-state index in [-0.39, 0.29) is 17.2 Å². The van der Waals surface area contributed by atoms with Crippen LogP contribution in [0.15, 0.2) is 48.5 Å². The number of phenolic OH excluding ortho intramolecular Hbond substituents is 3. The van der Waals surface area contributed by atoms with Crippen LogP contribution in [0, 0.1) is 0 Å². The second-order valence-corrected chi connectivity index (χ2v) is 7.05. The molecule has 0 aliphatic heterocycles. The number of aromatic hydroxyl groups is 3. The summed E-state index contributed by atoms with van der Waals surface area (Å²) in [6.07, 6.45) is 2.55. The van der Waals surface area contributed by atoms with E-state index >= 15 is 0 Å². The van der Waals surface area contributed by atoms with Crippen LogP contribution in [0.1, 0.15) is 31.4 Å². The van der Waals surface area contributed by atoms with Crippen LogP contribution in [-0.2, 0) is 12.8 Å². The van der Waals surface area contributed by atoms with Crippen LogP contribution in [0.2, 0.25) is 5.02 Å². The number of rotatable bonds is 5. The molecule has 3 aromatic rings. The first-order valence-corrected chi connectivity index (χ1v) is 9.50. The van der Waals surface area contributed by atoms with Crippen molar-refractivity contribution in [2.45, 2.75) is 33.1 Å². The Balaban J connectivity index is 2.37. The predicted molar refractivity (Wildman–Crippen MR) is 111 cm³/mol. The van der Waals surface area contributed by atoms with Gasteiger partial charge in [0.1, 0.15) is 17.2 Å². The third-order valence-corrected chi connectivity index (χ3v) is 4.98. The summed E-state index contributed by atoms with van der Waals surface area (Å²) < 4.78 is 0. The van der Waals surface area contributed by atoms with Crippen LogP contribution in [0.25, 0.3) is 22.3 Å². The Morgan fingerprint density at radius 2 is 1.37 bits per heavy atom. The maximum Gasteiger partial charge on any atom is 0.124 e. The third kappa shape index (κ3) is 3.74. The zero-order valence-corrected chi connectivity index (χ0v) is 16.2. The van der Waals surface area contributed by atoms with Gasteiger partial charge >= 0.3 is 0 Å². The highest BCUT2D eigenvalue weighted by molar-refractivity contribution is 6.31. The van der Waals surface area contributed by atoms with Crippen molar-refractivity contribution < 1.29 is 15.3 Å². The Morgan fingerprint density at radius 3 is 2.04 bits per heavy atom. The maximum atomic E-state index is 10.7. The molecule has 0 unspecified atom stereocenters. The van der Waals surface area contributed by atoms with Crippen molar-refractivity contribution in [3.63, 3.8) is 0 Å². The Hall–Kier alpha value is -2.65. The quantitative estimate of drug-likeness (QED) is 0.484. The Morgan fingerprint density at radius 1 is 0.741 bits per heavy atom. The fraction of sp³-hybridized carbons (Fsp3) is 0.217. The highest BCUT2D eigenvalue weighted by Gasteiger charge is 2.21. The molecule has 3 nitrogen and oxygen atoms in total. The van der Waals surface area contributed by atoms with E-state index in [4.69, 9.17) is 11.6 Å². The summed E-state index contributed by atoms with van der Waals surface area (Å²) in [6.45, 7) is 4.10. The molecule has 0 amide bonds. The largest absolute Gasteiger partial charge is 0.507 e. The topological polar surface area (TPSA) is 60.7 Å². The van der Waals surface area contributed by atoms with Gasteiger partial charge in [-0.3, -0.25) is 0 Å². The standard InChI is InChI=1S/C23H23ClO3/c1-3-5-14-6-9-19(25)17(12-14)23-21(27)10-7-15(4-2)22(23)18-13-16(24)8-11-20(18)26/h6-13,25-27H,3-5H2,1-2H3. The van der Waals surface area contributed by atoms with Gasteiger partial charge in [0, 0.05) is 27.3 Å². The van der Waals surface area contributed by atoms with Crippen molar-refractivity contribution in [3.05, 3.63) is 64.7 Å². The molecule has 0 saturated heterocycles. The SMILES string of the molecule is CCCc1ccc(O)c(-c2c(O)ccc(CC)c2-c2cc(Cl)ccc2O)c1. The fourth-order valence-electron chi connectivity index (χ4n) is 3.45. The molecule has 0 aliphatic rings. The van der Waals surface area contributed by atoms with Crippen molar-refractivity contribution >= 4 is 11.6 Å². The molecule has 0 fully saturated rings. The van der Waals surface area contributed by atoms with E-state index in [1.54, 1.807) is 24.3 Å². The van der Waals surface area contributed by atoms with Crippen molar-refractivity contribution in [2.24, 2.45) is 0 Å². The molecule has 0 bridgehead atoms. The van der Waals surface area contributed by atoms with E-state index in [1.165, 1.54) is 6.07 Å². The van der Waals surface area contributed by atoms with Gasteiger partial charge < -0.3 is 15.3 Å². The molecular weight excluding hydrogens is 360 g/mol. The van der Waals surface area contributed by atoms with Gasteiger partial charge in [-0.05, 0) is 60.4 Å². The van der Waals surface area contributed by atoms with Crippen LogP contribution in [-0.4, -0.2) is 15.3 Å². The van der Waals surface area contributed by atoms with Gasteiger partial charge in [0.2, 0.25) is 0 Å². The van der Waals surface area contributed by atoms with Crippen LogP contribution >= 0.6 is 11.6 Å². The summed E-state index contributed by atoms with van der Waals surface area (Å²) in [4.78, 5) is 0. The van der Waals surface area contributed by atoms with E-state index in [0.717, 1.165) is 24.0 Å². The third-order valence-electron chi connectivity index (χ3n) is 4.75. The van der Waals surface area contributed by atoms with Crippen LogP contribution in [0.4, 0.5) is 0 Å². The Bertz CT molecular complexity index is 980. The number of hydrogen-bond donors (Lipinski definition) is 3. The zero-order chi connectivity index (χ0) is 19.6. The van der Waals surface area contributed by atoms with E-state index in [1.807, 2.05) is 25.1 Å². The van der Waals surface area contributed by atoms with E-state index in [0.29, 0.717) is 33.7 Å². The van der Waals surface area contributed by atoms with Gasteiger partial charge in [-0.25, -0.2) is 0 Å². The van der Waals surface area contributed by atoms with Crippen molar-refractivity contribution in [3.8, 4) is 39.5 Å². The molecule has 4 heteroatoms. The highest BCUT2D eigenvalue weighted by Crippen LogP contribution is 2.47.